The Hall–Kier alpha value is -2.08. The van der Waals surface area contributed by atoms with E-state index >= 15 is 0 Å². The van der Waals surface area contributed by atoms with Gasteiger partial charge in [-0.25, -0.2) is 0 Å². The summed E-state index contributed by atoms with van der Waals surface area (Å²) in [6.45, 7) is 29.6. The molecule has 4 rings (SSSR count). The number of quaternary nitrogens is 2. The lowest BCUT2D eigenvalue weighted by molar-refractivity contribution is -0.929. The summed E-state index contributed by atoms with van der Waals surface area (Å²) >= 11 is 0. The minimum atomic E-state index is -0.429. The Kier molecular flexibility index (Phi) is 22.8. The topological polar surface area (TPSA) is 27.7 Å². The molecule has 2 atom stereocenters. The molecule has 0 aliphatic carbocycles. The standard InChI is InChI=1S/C54H94N2O3/c1-9-17-27-45(28-18-10-2)47-31-33-51-49(43-47)53-58-52-34-32-48(44-50(52)54(57-51)59-53)46(29-25-41-55(35-19-11-3,36-20-12-4)37-21-13-5)30-26-42-56(38-22-14-6,39-23-15-7)40-24-16-8/h31-34,43-46,53-54H,9-30,35-42H2,1-8H3/q+2. The van der Waals surface area contributed by atoms with Crippen molar-refractivity contribution in [3.05, 3.63) is 58.7 Å². The average Bonchev–Trinajstić information content (AvgIpc) is 3.26. The van der Waals surface area contributed by atoms with Crippen LogP contribution in [0.3, 0.4) is 0 Å². The summed E-state index contributed by atoms with van der Waals surface area (Å²) in [6, 6.07) is 14.0. The van der Waals surface area contributed by atoms with Crippen molar-refractivity contribution in [3.63, 3.8) is 0 Å². The molecule has 0 saturated carbocycles. The lowest BCUT2D eigenvalue weighted by Crippen LogP contribution is -2.51. The molecule has 0 saturated heterocycles. The highest BCUT2D eigenvalue weighted by Crippen LogP contribution is 2.49. The fourth-order valence-electron chi connectivity index (χ4n) is 10.4. The van der Waals surface area contributed by atoms with Crippen molar-refractivity contribution < 1.29 is 23.2 Å². The third kappa shape index (κ3) is 15.1. The summed E-state index contributed by atoms with van der Waals surface area (Å²) in [7, 11) is 0. The fourth-order valence-corrected chi connectivity index (χ4v) is 10.4. The molecule has 2 bridgehead atoms. The van der Waals surface area contributed by atoms with Crippen LogP contribution in [0.1, 0.15) is 243 Å². The Balaban J connectivity index is 1.60. The fraction of sp³-hybridized carbons (Fsp3) is 0.778. The SMILES string of the molecule is CCCCC(CCCC)c1ccc2c(c1)C1Oc3ccc(C(CCC[N+](CCCC)(CCCC)CCCC)CCC[N+](CCCC)(CCCC)CCCC)cc3C(O2)O1. The van der Waals surface area contributed by atoms with E-state index in [-0.39, 0.29) is 0 Å². The summed E-state index contributed by atoms with van der Waals surface area (Å²) in [6.07, 6.45) is 27.6. The molecule has 2 aliphatic rings. The number of rotatable bonds is 34. The van der Waals surface area contributed by atoms with Gasteiger partial charge in [-0.3, -0.25) is 4.74 Å². The maximum absolute atomic E-state index is 6.73. The molecule has 2 heterocycles. The van der Waals surface area contributed by atoms with Gasteiger partial charge >= 0.3 is 0 Å². The highest BCUT2D eigenvalue weighted by atomic mass is 16.8. The number of hydrogen-bond acceptors (Lipinski definition) is 3. The second kappa shape index (κ2) is 27.1. The van der Waals surface area contributed by atoms with Crippen molar-refractivity contribution in [2.45, 2.75) is 221 Å². The molecule has 0 spiro atoms. The summed E-state index contributed by atoms with van der Waals surface area (Å²) in [5, 5.41) is 0. The normalized spacial score (nSPS) is 16.3. The summed E-state index contributed by atoms with van der Waals surface area (Å²) < 4.78 is 22.8. The van der Waals surface area contributed by atoms with Crippen LogP contribution in [0.25, 0.3) is 0 Å². The minimum absolute atomic E-state index is 0.420. The van der Waals surface area contributed by atoms with E-state index in [4.69, 9.17) is 14.2 Å². The third-order valence-corrected chi connectivity index (χ3v) is 14.3. The van der Waals surface area contributed by atoms with Crippen LogP contribution in [0.5, 0.6) is 11.5 Å². The van der Waals surface area contributed by atoms with Gasteiger partial charge < -0.3 is 18.4 Å². The Bertz CT molecular complexity index is 1330. The van der Waals surface area contributed by atoms with Crippen LogP contribution in [0.2, 0.25) is 0 Å². The molecule has 2 aromatic rings. The van der Waals surface area contributed by atoms with E-state index in [0.717, 1.165) is 22.6 Å². The molecule has 0 radical (unpaired) electrons. The molecule has 5 nitrogen and oxygen atoms in total. The minimum Gasteiger partial charge on any atom is -0.460 e. The van der Waals surface area contributed by atoms with Crippen LogP contribution >= 0.6 is 0 Å². The van der Waals surface area contributed by atoms with Gasteiger partial charge in [0.25, 0.3) is 0 Å². The van der Waals surface area contributed by atoms with Crippen LogP contribution in [0.15, 0.2) is 36.4 Å². The van der Waals surface area contributed by atoms with Crippen LogP contribution in [-0.2, 0) is 4.74 Å². The summed E-state index contributed by atoms with van der Waals surface area (Å²) in [4.78, 5) is 0. The first kappa shape index (κ1) is 49.6. The Morgan fingerprint density at radius 3 is 0.983 bits per heavy atom. The van der Waals surface area contributed by atoms with E-state index in [2.05, 4.69) is 91.8 Å². The monoisotopic (exact) mass is 819 g/mol. The number of hydrogen-bond donors (Lipinski definition) is 0. The highest BCUT2D eigenvalue weighted by Gasteiger charge is 2.39. The van der Waals surface area contributed by atoms with E-state index in [1.54, 1.807) is 0 Å². The molecular weight excluding hydrogens is 725 g/mol. The van der Waals surface area contributed by atoms with Gasteiger partial charge in [0.05, 0.1) is 63.5 Å². The van der Waals surface area contributed by atoms with Gasteiger partial charge in [0, 0.05) is 0 Å². The predicted octanol–water partition coefficient (Wildman–Crippen LogP) is 15.7. The number of ether oxygens (including phenoxy) is 3. The number of nitrogens with zero attached hydrogens (tertiary/aromatic N) is 2. The molecule has 5 heteroatoms. The van der Waals surface area contributed by atoms with Crippen molar-refractivity contribution in [1.82, 2.24) is 0 Å². The van der Waals surface area contributed by atoms with Crippen molar-refractivity contribution in [2.75, 3.05) is 52.4 Å². The van der Waals surface area contributed by atoms with Crippen molar-refractivity contribution in [2.24, 2.45) is 0 Å². The Morgan fingerprint density at radius 1 is 0.390 bits per heavy atom. The molecule has 2 unspecified atom stereocenters. The van der Waals surface area contributed by atoms with E-state index in [1.807, 2.05) is 0 Å². The van der Waals surface area contributed by atoms with Gasteiger partial charge in [0.2, 0.25) is 12.6 Å². The Labute approximate surface area is 365 Å². The smallest absolute Gasteiger partial charge is 0.233 e. The van der Waals surface area contributed by atoms with Crippen molar-refractivity contribution in [1.29, 1.82) is 0 Å². The summed E-state index contributed by atoms with van der Waals surface area (Å²) in [5.41, 5.74) is 4.99. The van der Waals surface area contributed by atoms with Crippen molar-refractivity contribution in [3.8, 4) is 11.5 Å². The molecule has 2 aliphatic heterocycles. The average molecular weight is 819 g/mol. The molecule has 2 aromatic carbocycles. The molecule has 0 amide bonds. The van der Waals surface area contributed by atoms with Gasteiger partial charge in [-0.1, -0.05) is 132 Å². The van der Waals surface area contributed by atoms with Gasteiger partial charge in [-0.2, -0.15) is 0 Å². The quantitative estimate of drug-likeness (QED) is 0.0659. The van der Waals surface area contributed by atoms with Crippen LogP contribution in [0, 0.1) is 0 Å². The van der Waals surface area contributed by atoms with Crippen LogP contribution in [-0.4, -0.2) is 61.3 Å². The van der Waals surface area contributed by atoms with Gasteiger partial charge in [0.15, 0.2) is 0 Å². The molecular formula is C54H94N2O3+2. The van der Waals surface area contributed by atoms with Crippen molar-refractivity contribution >= 4 is 0 Å². The molecule has 0 fully saturated rings. The molecule has 336 valence electrons. The van der Waals surface area contributed by atoms with Gasteiger partial charge in [-0.05, 0) is 124 Å². The lowest BCUT2D eigenvalue weighted by Gasteiger charge is -2.40. The predicted molar refractivity (Wildman–Crippen MR) is 253 cm³/mol. The number of unbranched alkanes of at least 4 members (excludes halogenated alkanes) is 8. The first-order valence-corrected chi connectivity index (χ1v) is 25.8. The first-order valence-electron chi connectivity index (χ1n) is 25.8. The molecule has 0 N–H and O–H groups in total. The largest absolute Gasteiger partial charge is 0.460 e. The molecule has 0 aromatic heterocycles. The molecule has 59 heavy (non-hydrogen) atoms. The zero-order chi connectivity index (χ0) is 42.4. The number of benzene rings is 2. The zero-order valence-electron chi connectivity index (χ0n) is 40.1. The second-order valence-corrected chi connectivity index (χ2v) is 19.2. The zero-order valence-corrected chi connectivity index (χ0v) is 40.1. The first-order chi connectivity index (χ1) is 28.8. The van der Waals surface area contributed by atoms with Gasteiger partial charge in [-0.15, -0.1) is 0 Å². The lowest BCUT2D eigenvalue weighted by atomic mass is 9.87. The maximum atomic E-state index is 6.73. The summed E-state index contributed by atoms with van der Waals surface area (Å²) in [5.74, 6) is 2.96. The van der Waals surface area contributed by atoms with E-state index in [1.165, 1.54) is 214 Å². The second-order valence-electron chi connectivity index (χ2n) is 19.2. The third-order valence-electron chi connectivity index (χ3n) is 14.3. The highest BCUT2D eigenvalue weighted by molar-refractivity contribution is 5.47. The van der Waals surface area contributed by atoms with Crippen LogP contribution < -0.4 is 9.47 Å². The Morgan fingerprint density at radius 2 is 0.678 bits per heavy atom. The van der Waals surface area contributed by atoms with E-state index in [0.29, 0.717) is 11.8 Å². The van der Waals surface area contributed by atoms with Gasteiger partial charge in [0.1, 0.15) is 11.5 Å². The maximum Gasteiger partial charge on any atom is 0.233 e. The number of fused-ring (bicyclic) bond motifs is 6. The van der Waals surface area contributed by atoms with E-state index < -0.39 is 12.6 Å². The van der Waals surface area contributed by atoms with E-state index in [9.17, 15) is 0 Å². The van der Waals surface area contributed by atoms with Crippen LogP contribution in [0.4, 0.5) is 0 Å².